The third kappa shape index (κ3) is 2.50. The lowest BCUT2D eigenvalue weighted by Gasteiger charge is -2.19. The van der Waals surface area contributed by atoms with Gasteiger partial charge in [0.05, 0.1) is 5.01 Å². The zero-order chi connectivity index (χ0) is 11.5. The second kappa shape index (κ2) is 5.06. The van der Waals surface area contributed by atoms with Crippen LogP contribution in [-0.4, -0.2) is 35.3 Å². The fraction of sp³-hybridized carbons (Fsp3) is 0.667. The minimum atomic E-state index is 0.512. The van der Waals surface area contributed by atoms with Crippen molar-refractivity contribution in [2.75, 3.05) is 13.1 Å². The summed E-state index contributed by atoms with van der Waals surface area (Å²) in [6.07, 6.45) is 4.52. The van der Waals surface area contributed by atoms with Crippen LogP contribution in [0.25, 0.3) is 0 Å². The molecule has 1 atom stereocenters. The molecule has 0 spiro atoms. The average Bonchev–Trinajstić information content (AvgIpc) is 2.84. The highest BCUT2D eigenvalue weighted by atomic mass is 32.1. The normalized spacial score (nSPS) is 21.8. The molecule has 2 heterocycles. The van der Waals surface area contributed by atoms with E-state index in [-0.39, 0.29) is 0 Å². The Morgan fingerprint density at radius 2 is 2.50 bits per heavy atom. The molecule has 0 aromatic carbocycles. The van der Waals surface area contributed by atoms with Gasteiger partial charge in [-0.25, -0.2) is 4.98 Å². The van der Waals surface area contributed by atoms with Gasteiger partial charge >= 0.3 is 0 Å². The van der Waals surface area contributed by atoms with Gasteiger partial charge in [0.1, 0.15) is 6.29 Å². The second-order valence-electron chi connectivity index (χ2n) is 4.61. The fourth-order valence-electron chi connectivity index (χ4n) is 2.15. The number of thiazole rings is 1. The highest BCUT2D eigenvalue weighted by Crippen LogP contribution is 2.31. The maximum atomic E-state index is 10.4. The summed E-state index contributed by atoms with van der Waals surface area (Å²) in [7, 11) is 0. The first-order chi connectivity index (χ1) is 7.70. The summed E-state index contributed by atoms with van der Waals surface area (Å²) in [5.41, 5.74) is 0. The van der Waals surface area contributed by atoms with Gasteiger partial charge < -0.3 is 9.69 Å². The Labute approximate surface area is 100 Å². The predicted octanol–water partition coefficient (Wildman–Crippen LogP) is 2.08. The molecule has 88 valence electrons. The van der Waals surface area contributed by atoms with Gasteiger partial charge in [0.2, 0.25) is 0 Å². The van der Waals surface area contributed by atoms with Crippen LogP contribution < -0.4 is 0 Å². The van der Waals surface area contributed by atoms with Crippen LogP contribution in [0, 0.1) is 0 Å². The maximum absolute atomic E-state index is 10.4. The number of hydrogen-bond donors (Lipinski definition) is 0. The molecule has 0 bridgehead atoms. The van der Waals surface area contributed by atoms with Crippen molar-refractivity contribution in [3.63, 3.8) is 0 Å². The smallest absolute Gasteiger partial charge is 0.125 e. The third-order valence-electron chi connectivity index (χ3n) is 3.16. The van der Waals surface area contributed by atoms with Crippen LogP contribution in [-0.2, 0) is 11.2 Å². The van der Waals surface area contributed by atoms with Gasteiger partial charge in [0, 0.05) is 36.0 Å². The summed E-state index contributed by atoms with van der Waals surface area (Å²) >= 11 is 1.70. The third-order valence-corrected chi connectivity index (χ3v) is 4.34. The summed E-state index contributed by atoms with van der Waals surface area (Å²) in [5, 5.41) is 1.21. The van der Waals surface area contributed by atoms with Crippen LogP contribution in [0.1, 0.15) is 36.1 Å². The summed E-state index contributed by atoms with van der Waals surface area (Å²) in [6, 6.07) is 0.624. The lowest BCUT2D eigenvalue weighted by molar-refractivity contribution is -0.107. The van der Waals surface area contributed by atoms with Crippen LogP contribution in [0.3, 0.4) is 0 Å². The van der Waals surface area contributed by atoms with Gasteiger partial charge in [-0.1, -0.05) is 0 Å². The number of nitrogens with zero attached hydrogens (tertiary/aromatic N) is 2. The summed E-state index contributed by atoms with van der Waals surface area (Å²) in [6.45, 7) is 6.76. The first kappa shape index (κ1) is 11.7. The quantitative estimate of drug-likeness (QED) is 0.753. The first-order valence-electron chi connectivity index (χ1n) is 5.83. The summed E-state index contributed by atoms with van der Waals surface area (Å²) in [4.78, 5) is 18.4. The van der Waals surface area contributed by atoms with Crippen molar-refractivity contribution >= 4 is 17.6 Å². The van der Waals surface area contributed by atoms with E-state index in [0.717, 1.165) is 17.7 Å². The Morgan fingerprint density at radius 1 is 1.69 bits per heavy atom. The lowest BCUT2D eigenvalue weighted by Crippen LogP contribution is -2.27. The van der Waals surface area contributed by atoms with E-state index < -0.39 is 0 Å². The number of hydrogen-bond acceptors (Lipinski definition) is 4. The minimum Gasteiger partial charge on any atom is -0.303 e. The Kier molecular flexibility index (Phi) is 3.71. The Bertz CT molecular complexity index is 362. The van der Waals surface area contributed by atoms with E-state index in [4.69, 9.17) is 0 Å². The van der Waals surface area contributed by atoms with E-state index >= 15 is 0 Å². The van der Waals surface area contributed by atoms with E-state index in [9.17, 15) is 4.79 Å². The fourth-order valence-corrected chi connectivity index (χ4v) is 3.14. The molecule has 0 N–H and O–H groups in total. The van der Waals surface area contributed by atoms with Gasteiger partial charge in [-0.2, -0.15) is 0 Å². The molecule has 2 rings (SSSR count). The van der Waals surface area contributed by atoms with Gasteiger partial charge in [0.15, 0.2) is 0 Å². The molecule has 1 aliphatic rings. The molecule has 4 heteroatoms. The van der Waals surface area contributed by atoms with Crippen molar-refractivity contribution in [1.82, 2.24) is 9.88 Å². The van der Waals surface area contributed by atoms with Crippen LogP contribution in [0.4, 0.5) is 0 Å². The molecular weight excluding hydrogens is 220 g/mol. The lowest BCUT2D eigenvalue weighted by atomic mass is 10.1. The maximum Gasteiger partial charge on any atom is 0.125 e. The standard InChI is InChI=1S/C12H18N2OS/c1-9(2)14-5-3-10(8-14)12-13-7-11(16-12)4-6-15/h6-7,9-10H,3-5,8H2,1-2H3. The van der Waals surface area contributed by atoms with Crippen molar-refractivity contribution < 1.29 is 4.79 Å². The predicted molar refractivity (Wildman–Crippen MR) is 65.9 cm³/mol. The Balaban J connectivity index is 2.00. The second-order valence-corrected chi connectivity index (χ2v) is 5.76. The Hall–Kier alpha value is -0.740. The molecule has 0 amide bonds. The zero-order valence-corrected chi connectivity index (χ0v) is 10.7. The van der Waals surface area contributed by atoms with E-state index in [2.05, 4.69) is 23.7 Å². The highest BCUT2D eigenvalue weighted by molar-refractivity contribution is 7.11. The molecule has 0 saturated carbocycles. The molecule has 1 fully saturated rings. The number of aromatic nitrogens is 1. The van der Waals surface area contributed by atoms with E-state index in [1.165, 1.54) is 18.0 Å². The van der Waals surface area contributed by atoms with E-state index in [1.54, 1.807) is 11.3 Å². The van der Waals surface area contributed by atoms with E-state index in [0.29, 0.717) is 18.4 Å². The van der Waals surface area contributed by atoms with Gasteiger partial charge in [-0.15, -0.1) is 11.3 Å². The molecule has 1 saturated heterocycles. The van der Waals surface area contributed by atoms with Gasteiger partial charge in [-0.05, 0) is 26.8 Å². The number of aldehydes is 1. The van der Waals surface area contributed by atoms with Crippen molar-refractivity contribution in [3.8, 4) is 0 Å². The molecule has 0 aliphatic carbocycles. The molecule has 1 aromatic rings. The van der Waals surface area contributed by atoms with Crippen LogP contribution in [0.5, 0.6) is 0 Å². The van der Waals surface area contributed by atoms with Gasteiger partial charge in [-0.3, -0.25) is 0 Å². The number of carbonyl (C=O) groups is 1. The van der Waals surface area contributed by atoms with Crippen molar-refractivity contribution in [2.24, 2.45) is 0 Å². The van der Waals surface area contributed by atoms with Crippen molar-refractivity contribution in [3.05, 3.63) is 16.1 Å². The topological polar surface area (TPSA) is 33.2 Å². The minimum absolute atomic E-state index is 0.512. The molecule has 0 radical (unpaired) electrons. The van der Waals surface area contributed by atoms with Crippen LogP contribution in [0.2, 0.25) is 0 Å². The Morgan fingerprint density at radius 3 is 3.12 bits per heavy atom. The summed E-state index contributed by atoms with van der Waals surface area (Å²) < 4.78 is 0. The number of carbonyl (C=O) groups excluding carboxylic acids is 1. The largest absolute Gasteiger partial charge is 0.303 e. The van der Waals surface area contributed by atoms with Crippen LogP contribution in [0.15, 0.2) is 6.20 Å². The molecular formula is C12H18N2OS. The average molecular weight is 238 g/mol. The molecule has 3 nitrogen and oxygen atoms in total. The number of likely N-dealkylation sites (tertiary alicyclic amines) is 1. The van der Waals surface area contributed by atoms with Gasteiger partial charge in [0.25, 0.3) is 0 Å². The van der Waals surface area contributed by atoms with E-state index in [1.807, 2.05) is 6.20 Å². The molecule has 1 aromatic heterocycles. The van der Waals surface area contributed by atoms with Crippen LogP contribution >= 0.6 is 11.3 Å². The highest BCUT2D eigenvalue weighted by Gasteiger charge is 2.27. The molecule has 1 aliphatic heterocycles. The SMILES string of the molecule is CC(C)N1CCC(c2ncc(CC=O)s2)C1. The first-order valence-corrected chi connectivity index (χ1v) is 6.64. The molecule has 16 heavy (non-hydrogen) atoms. The number of rotatable bonds is 4. The zero-order valence-electron chi connectivity index (χ0n) is 9.85. The monoisotopic (exact) mass is 238 g/mol. The molecule has 1 unspecified atom stereocenters. The van der Waals surface area contributed by atoms with Crippen molar-refractivity contribution in [1.29, 1.82) is 0 Å². The summed E-state index contributed by atoms with van der Waals surface area (Å²) in [5.74, 6) is 0.577. The van der Waals surface area contributed by atoms with Crippen molar-refractivity contribution in [2.45, 2.75) is 38.6 Å².